The summed E-state index contributed by atoms with van der Waals surface area (Å²) in [6.45, 7) is 0.165. The third-order valence-corrected chi connectivity index (χ3v) is 6.13. The zero-order valence-corrected chi connectivity index (χ0v) is 22.6. The Bertz CT molecular complexity index is 1240. The SMILES string of the molecule is COc1ccc(OCC(=O)N(CCN(C(=O)COc2ccc(OC)cc2)c2ccccc2)c2ccccc2)cc1. The fraction of sp³-hybridized carbons (Fsp3) is 0.188. The van der Waals surface area contributed by atoms with Crippen LogP contribution in [0.5, 0.6) is 23.0 Å². The molecule has 2 amide bonds. The molecule has 206 valence electrons. The maximum Gasteiger partial charge on any atom is 0.264 e. The van der Waals surface area contributed by atoms with E-state index in [4.69, 9.17) is 18.9 Å². The van der Waals surface area contributed by atoms with E-state index in [-0.39, 0.29) is 38.1 Å². The highest BCUT2D eigenvalue weighted by Crippen LogP contribution is 2.21. The molecule has 8 heteroatoms. The van der Waals surface area contributed by atoms with Gasteiger partial charge in [0.25, 0.3) is 11.8 Å². The smallest absolute Gasteiger partial charge is 0.264 e. The van der Waals surface area contributed by atoms with Gasteiger partial charge in [0, 0.05) is 24.5 Å². The molecule has 0 fully saturated rings. The summed E-state index contributed by atoms with van der Waals surface area (Å²) >= 11 is 0. The van der Waals surface area contributed by atoms with Crippen LogP contribution < -0.4 is 28.7 Å². The highest BCUT2D eigenvalue weighted by atomic mass is 16.5. The van der Waals surface area contributed by atoms with Crippen LogP contribution in [0, 0.1) is 0 Å². The third-order valence-electron chi connectivity index (χ3n) is 6.13. The minimum Gasteiger partial charge on any atom is -0.497 e. The molecule has 0 spiro atoms. The minimum absolute atomic E-state index is 0.166. The van der Waals surface area contributed by atoms with E-state index < -0.39 is 0 Å². The van der Waals surface area contributed by atoms with Gasteiger partial charge < -0.3 is 28.7 Å². The largest absolute Gasteiger partial charge is 0.497 e. The van der Waals surface area contributed by atoms with Crippen molar-refractivity contribution in [2.24, 2.45) is 0 Å². The minimum atomic E-state index is -0.239. The Hall–Kier alpha value is -4.98. The average Bonchev–Trinajstić information content (AvgIpc) is 3.02. The summed E-state index contributed by atoms with van der Waals surface area (Å²) in [5.41, 5.74) is 1.42. The Morgan fingerprint density at radius 1 is 0.500 bits per heavy atom. The van der Waals surface area contributed by atoms with Crippen molar-refractivity contribution in [2.75, 3.05) is 50.3 Å². The quantitative estimate of drug-likeness (QED) is 0.231. The monoisotopic (exact) mass is 540 g/mol. The van der Waals surface area contributed by atoms with Gasteiger partial charge in [-0.3, -0.25) is 9.59 Å². The number of methoxy groups -OCH3 is 2. The topological polar surface area (TPSA) is 77.5 Å². The van der Waals surface area contributed by atoms with Crippen molar-refractivity contribution in [3.8, 4) is 23.0 Å². The second-order valence-electron chi connectivity index (χ2n) is 8.69. The molecular formula is C32H32N2O6. The summed E-state index contributed by atoms with van der Waals surface area (Å²) in [6.07, 6.45) is 0. The summed E-state index contributed by atoms with van der Waals surface area (Å²) in [6, 6.07) is 32.7. The van der Waals surface area contributed by atoms with Crippen molar-refractivity contribution in [3.05, 3.63) is 109 Å². The van der Waals surface area contributed by atoms with Crippen molar-refractivity contribution >= 4 is 23.2 Å². The van der Waals surface area contributed by atoms with Crippen LogP contribution in [0.2, 0.25) is 0 Å². The van der Waals surface area contributed by atoms with Gasteiger partial charge in [-0.05, 0) is 72.8 Å². The van der Waals surface area contributed by atoms with Gasteiger partial charge in [-0.25, -0.2) is 0 Å². The van der Waals surface area contributed by atoms with Crippen LogP contribution in [-0.2, 0) is 9.59 Å². The predicted molar refractivity (Wildman–Crippen MR) is 155 cm³/mol. The number of carbonyl (C=O) groups excluding carboxylic acids is 2. The number of amides is 2. The molecule has 4 aromatic carbocycles. The van der Waals surface area contributed by atoms with Crippen LogP contribution in [0.4, 0.5) is 11.4 Å². The van der Waals surface area contributed by atoms with Gasteiger partial charge in [0.1, 0.15) is 23.0 Å². The van der Waals surface area contributed by atoms with E-state index in [1.807, 2.05) is 60.7 Å². The van der Waals surface area contributed by atoms with Gasteiger partial charge in [0.05, 0.1) is 14.2 Å². The summed E-state index contributed by atoms with van der Waals surface area (Å²) in [5.74, 6) is 2.03. The molecule has 0 atom stereocenters. The lowest BCUT2D eigenvalue weighted by molar-refractivity contribution is -0.122. The van der Waals surface area contributed by atoms with Crippen molar-refractivity contribution < 1.29 is 28.5 Å². The first-order valence-corrected chi connectivity index (χ1v) is 12.8. The Balaban J connectivity index is 1.46. The van der Waals surface area contributed by atoms with E-state index in [0.29, 0.717) is 34.4 Å². The summed E-state index contributed by atoms with van der Waals surface area (Å²) in [5, 5.41) is 0. The maximum atomic E-state index is 13.4. The number of hydrogen-bond acceptors (Lipinski definition) is 6. The van der Waals surface area contributed by atoms with Crippen LogP contribution in [-0.4, -0.2) is 52.3 Å². The molecule has 8 nitrogen and oxygen atoms in total. The van der Waals surface area contributed by atoms with Crippen LogP contribution in [0.1, 0.15) is 0 Å². The standard InChI is InChI=1S/C32H32N2O6/c1-37-27-13-17-29(18-14-27)39-23-31(35)33(25-9-5-3-6-10-25)21-22-34(26-11-7-4-8-12-26)32(36)24-40-30-19-15-28(38-2)16-20-30/h3-20H,21-24H2,1-2H3. The molecule has 0 heterocycles. The van der Waals surface area contributed by atoms with Gasteiger partial charge in [0.2, 0.25) is 0 Å². The van der Waals surface area contributed by atoms with E-state index in [0.717, 1.165) is 0 Å². The Morgan fingerprint density at radius 2 is 0.825 bits per heavy atom. The van der Waals surface area contributed by atoms with E-state index >= 15 is 0 Å². The predicted octanol–water partition coefficient (Wildman–Crippen LogP) is 5.23. The van der Waals surface area contributed by atoms with Crippen LogP contribution in [0.3, 0.4) is 0 Å². The number of hydrogen-bond donors (Lipinski definition) is 0. The van der Waals surface area contributed by atoms with Gasteiger partial charge in [-0.15, -0.1) is 0 Å². The van der Waals surface area contributed by atoms with Crippen molar-refractivity contribution in [2.45, 2.75) is 0 Å². The highest BCUT2D eigenvalue weighted by Gasteiger charge is 2.22. The maximum absolute atomic E-state index is 13.4. The molecular weight excluding hydrogens is 508 g/mol. The molecule has 0 aliphatic rings. The molecule has 0 bridgehead atoms. The second kappa shape index (κ2) is 14.2. The molecule has 4 rings (SSSR count). The van der Waals surface area contributed by atoms with Gasteiger partial charge in [-0.2, -0.15) is 0 Å². The van der Waals surface area contributed by atoms with E-state index in [1.165, 1.54) is 0 Å². The van der Waals surface area contributed by atoms with E-state index in [2.05, 4.69) is 0 Å². The van der Waals surface area contributed by atoms with E-state index in [1.54, 1.807) is 72.6 Å². The highest BCUT2D eigenvalue weighted by molar-refractivity contribution is 5.96. The van der Waals surface area contributed by atoms with Crippen LogP contribution in [0.15, 0.2) is 109 Å². The molecule has 0 aromatic heterocycles. The first-order chi connectivity index (χ1) is 19.6. The molecule has 0 radical (unpaired) electrons. The zero-order valence-electron chi connectivity index (χ0n) is 22.6. The van der Waals surface area contributed by atoms with Gasteiger partial charge in [0.15, 0.2) is 13.2 Å². The number of para-hydroxylation sites is 2. The summed E-state index contributed by atoms with van der Waals surface area (Å²) < 4.78 is 21.9. The Kier molecular flexibility index (Phi) is 9.99. The molecule has 0 aliphatic carbocycles. The first kappa shape index (κ1) is 28.0. The van der Waals surface area contributed by atoms with E-state index in [9.17, 15) is 9.59 Å². The molecule has 0 aliphatic heterocycles. The van der Waals surface area contributed by atoms with Crippen molar-refractivity contribution in [3.63, 3.8) is 0 Å². The molecule has 0 saturated carbocycles. The normalized spacial score (nSPS) is 10.3. The Labute approximate surface area is 234 Å². The lowest BCUT2D eigenvalue weighted by Crippen LogP contribution is -2.44. The fourth-order valence-electron chi connectivity index (χ4n) is 4.00. The first-order valence-electron chi connectivity index (χ1n) is 12.8. The van der Waals surface area contributed by atoms with Crippen LogP contribution in [0.25, 0.3) is 0 Å². The molecule has 40 heavy (non-hydrogen) atoms. The third kappa shape index (κ3) is 7.77. The van der Waals surface area contributed by atoms with Crippen LogP contribution >= 0.6 is 0 Å². The molecule has 0 N–H and O–H groups in total. The van der Waals surface area contributed by atoms with Crippen molar-refractivity contribution in [1.29, 1.82) is 0 Å². The summed E-state index contributed by atoms with van der Waals surface area (Å²) in [7, 11) is 3.18. The van der Waals surface area contributed by atoms with Gasteiger partial charge in [-0.1, -0.05) is 36.4 Å². The second-order valence-corrected chi connectivity index (χ2v) is 8.69. The number of benzene rings is 4. The number of ether oxygens (including phenoxy) is 4. The number of rotatable bonds is 13. The lowest BCUT2D eigenvalue weighted by Gasteiger charge is -2.28. The number of carbonyl (C=O) groups is 2. The lowest BCUT2D eigenvalue weighted by atomic mass is 10.2. The molecule has 0 saturated heterocycles. The zero-order chi connectivity index (χ0) is 28.2. The Morgan fingerprint density at radius 3 is 1.15 bits per heavy atom. The fourth-order valence-corrected chi connectivity index (χ4v) is 4.00. The van der Waals surface area contributed by atoms with Gasteiger partial charge >= 0.3 is 0 Å². The average molecular weight is 541 g/mol. The number of nitrogens with zero attached hydrogens (tertiary/aromatic N) is 2. The number of anilines is 2. The summed E-state index contributed by atoms with van der Waals surface area (Å²) in [4.78, 5) is 30.0. The molecule has 0 unspecified atom stereocenters. The van der Waals surface area contributed by atoms with Crippen molar-refractivity contribution in [1.82, 2.24) is 0 Å². The molecule has 4 aromatic rings.